The van der Waals surface area contributed by atoms with Crippen LogP contribution in [-0.4, -0.2) is 9.97 Å². The molecule has 0 aliphatic heterocycles. The third-order valence-corrected chi connectivity index (χ3v) is 9.34. The summed E-state index contributed by atoms with van der Waals surface area (Å²) in [5.74, 6) is 0.693. The SMILES string of the molecule is [C-]#[N+]c1cccc2c1-c1cc(-c3cccc(-c4cc(-c5ccc(-c6ccccc6)cc5)nc(-c5ccccc5)n4)c3)ccc1C2(C)C. The number of rotatable bonds is 5. The first kappa shape index (κ1) is 28.4. The van der Waals surface area contributed by atoms with Crippen LogP contribution in [0.3, 0.4) is 0 Å². The summed E-state index contributed by atoms with van der Waals surface area (Å²) in [4.78, 5) is 14.0. The third-order valence-electron chi connectivity index (χ3n) is 9.34. The van der Waals surface area contributed by atoms with Gasteiger partial charge in [0.25, 0.3) is 0 Å². The van der Waals surface area contributed by atoms with E-state index >= 15 is 0 Å². The molecule has 1 heterocycles. The molecule has 1 aliphatic rings. The van der Waals surface area contributed by atoms with Crippen LogP contribution in [0.5, 0.6) is 0 Å². The maximum Gasteiger partial charge on any atom is 0.195 e. The molecular formula is C44H31N3. The van der Waals surface area contributed by atoms with Crippen molar-refractivity contribution in [2.24, 2.45) is 0 Å². The monoisotopic (exact) mass is 601 g/mol. The minimum absolute atomic E-state index is 0.157. The molecule has 0 radical (unpaired) electrons. The van der Waals surface area contributed by atoms with E-state index in [0.29, 0.717) is 11.5 Å². The highest BCUT2D eigenvalue weighted by atomic mass is 14.9. The van der Waals surface area contributed by atoms with Crippen LogP contribution in [-0.2, 0) is 5.41 Å². The molecule has 6 aromatic carbocycles. The van der Waals surface area contributed by atoms with Crippen LogP contribution in [0.2, 0.25) is 0 Å². The Kier molecular flexibility index (Phi) is 6.85. The van der Waals surface area contributed by atoms with E-state index in [-0.39, 0.29) is 5.41 Å². The standard InChI is InChI=1S/C44H31N3/c1-44(2)37-25-24-34(27-36(37)42-38(44)18-11-19-39(42)45-3)33-16-10-17-35(26-33)41-28-40(46-43(47-41)32-14-8-5-9-15-32)31-22-20-30(21-23-31)29-12-6-4-7-13-29/h4-28H,1-2H3. The predicted molar refractivity (Wildman–Crippen MR) is 193 cm³/mol. The van der Waals surface area contributed by atoms with E-state index in [0.717, 1.165) is 50.3 Å². The number of fused-ring (bicyclic) bond motifs is 3. The van der Waals surface area contributed by atoms with Crippen LogP contribution in [0.4, 0.5) is 5.69 Å². The smallest absolute Gasteiger partial charge is 0.195 e. The van der Waals surface area contributed by atoms with E-state index < -0.39 is 0 Å². The van der Waals surface area contributed by atoms with Crippen molar-refractivity contribution in [1.29, 1.82) is 0 Å². The molecule has 0 saturated heterocycles. The van der Waals surface area contributed by atoms with E-state index in [1.807, 2.05) is 36.4 Å². The van der Waals surface area contributed by atoms with E-state index in [4.69, 9.17) is 16.5 Å². The van der Waals surface area contributed by atoms with Crippen molar-refractivity contribution in [2.45, 2.75) is 19.3 Å². The number of nitrogens with zero attached hydrogens (tertiary/aromatic N) is 3. The summed E-state index contributed by atoms with van der Waals surface area (Å²) in [6, 6.07) is 52.6. The zero-order valence-electron chi connectivity index (χ0n) is 26.3. The molecule has 3 heteroatoms. The van der Waals surface area contributed by atoms with Crippen molar-refractivity contribution in [3.63, 3.8) is 0 Å². The fourth-order valence-electron chi connectivity index (χ4n) is 6.84. The fraction of sp³-hybridized carbons (Fsp3) is 0.0682. The normalized spacial score (nSPS) is 12.6. The third kappa shape index (κ3) is 5.01. The Balaban J connectivity index is 1.22. The topological polar surface area (TPSA) is 30.1 Å². The molecule has 7 aromatic rings. The van der Waals surface area contributed by atoms with Gasteiger partial charge in [-0.15, -0.1) is 0 Å². The summed E-state index contributed by atoms with van der Waals surface area (Å²) in [5, 5.41) is 0. The summed E-state index contributed by atoms with van der Waals surface area (Å²) in [6.45, 7) is 12.3. The van der Waals surface area contributed by atoms with Crippen molar-refractivity contribution in [1.82, 2.24) is 9.97 Å². The second-order valence-electron chi connectivity index (χ2n) is 12.5. The summed E-state index contributed by atoms with van der Waals surface area (Å²) < 4.78 is 0. The molecule has 0 spiro atoms. The van der Waals surface area contributed by atoms with E-state index in [2.05, 4.69) is 134 Å². The van der Waals surface area contributed by atoms with Crippen LogP contribution in [0.15, 0.2) is 152 Å². The van der Waals surface area contributed by atoms with Crippen molar-refractivity contribution in [3.05, 3.63) is 174 Å². The molecule has 47 heavy (non-hydrogen) atoms. The Hall–Kier alpha value is -6.11. The summed E-state index contributed by atoms with van der Waals surface area (Å²) in [6.07, 6.45) is 0. The highest BCUT2D eigenvalue weighted by Crippen LogP contribution is 2.53. The molecule has 0 fully saturated rings. The number of aromatic nitrogens is 2. The number of hydrogen-bond acceptors (Lipinski definition) is 2. The quantitative estimate of drug-likeness (QED) is 0.184. The number of benzene rings is 6. The minimum atomic E-state index is -0.157. The molecule has 1 aromatic heterocycles. The molecule has 0 N–H and O–H groups in total. The molecule has 0 unspecified atom stereocenters. The Labute approximate surface area is 275 Å². The maximum absolute atomic E-state index is 7.85. The summed E-state index contributed by atoms with van der Waals surface area (Å²) >= 11 is 0. The minimum Gasteiger partial charge on any atom is -0.238 e. The molecule has 222 valence electrons. The lowest BCUT2D eigenvalue weighted by Crippen LogP contribution is -2.14. The first-order valence-corrected chi connectivity index (χ1v) is 15.9. The van der Waals surface area contributed by atoms with Crippen LogP contribution in [0.1, 0.15) is 25.0 Å². The van der Waals surface area contributed by atoms with Crippen LogP contribution in [0.25, 0.3) is 72.1 Å². The van der Waals surface area contributed by atoms with Crippen LogP contribution < -0.4 is 0 Å². The van der Waals surface area contributed by atoms with Gasteiger partial charge >= 0.3 is 0 Å². The van der Waals surface area contributed by atoms with Gasteiger partial charge in [0.2, 0.25) is 0 Å². The van der Waals surface area contributed by atoms with Gasteiger partial charge in [0.05, 0.1) is 18.0 Å². The molecule has 0 bridgehead atoms. The highest BCUT2D eigenvalue weighted by molar-refractivity contribution is 5.92. The number of hydrogen-bond donors (Lipinski definition) is 0. The second-order valence-corrected chi connectivity index (χ2v) is 12.5. The predicted octanol–water partition coefficient (Wildman–Crippen LogP) is 11.7. The largest absolute Gasteiger partial charge is 0.238 e. The van der Waals surface area contributed by atoms with E-state index in [1.165, 1.54) is 22.3 Å². The zero-order valence-corrected chi connectivity index (χ0v) is 26.3. The lowest BCUT2D eigenvalue weighted by Gasteiger charge is -2.21. The molecule has 3 nitrogen and oxygen atoms in total. The molecule has 0 saturated carbocycles. The van der Waals surface area contributed by atoms with E-state index in [9.17, 15) is 0 Å². The van der Waals surface area contributed by atoms with Gasteiger partial charge in [-0.2, -0.15) is 0 Å². The van der Waals surface area contributed by atoms with Gasteiger partial charge in [0.1, 0.15) is 0 Å². The van der Waals surface area contributed by atoms with Gasteiger partial charge in [-0.25, -0.2) is 14.8 Å². The Bertz CT molecular complexity index is 2310. The van der Waals surface area contributed by atoms with Crippen molar-refractivity contribution in [3.8, 4) is 67.3 Å². The first-order valence-electron chi connectivity index (χ1n) is 15.9. The van der Waals surface area contributed by atoms with Crippen LogP contribution >= 0.6 is 0 Å². The fourth-order valence-corrected chi connectivity index (χ4v) is 6.84. The molecule has 1 aliphatic carbocycles. The Morgan fingerprint density at radius 1 is 0.468 bits per heavy atom. The van der Waals surface area contributed by atoms with Gasteiger partial charge < -0.3 is 0 Å². The average Bonchev–Trinajstić information content (AvgIpc) is 3.38. The molecule has 0 atom stereocenters. The lowest BCUT2D eigenvalue weighted by atomic mass is 9.82. The molecular weight excluding hydrogens is 571 g/mol. The van der Waals surface area contributed by atoms with E-state index in [1.54, 1.807) is 0 Å². The summed E-state index contributed by atoms with van der Waals surface area (Å²) in [7, 11) is 0. The summed E-state index contributed by atoms with van der Waals surface area (Å²) in [5.41, 5.74) is 14.6. The zero-order chi connectivity index (χ0) is 32.0. The molecule has 8 rings (SSSR count). The maximum atomic E-state index is 7.85. The van der Waals surface area contributed by atoms with Gasteiger partial charge in [0.15, 0.2) is 11.5 Å². The highest BCUT2D eigenvalue weighted by Gasteiger charge is 2.36. The average molecular weight is 602 g/mol. The van der Waals surface area contributed by atoms with Gasteiger partial charge in [0, 0.05) is 22.1 Å². The van der Waals surface area contributed by atoms with Gasteiger partial charge in [-0.05, 0) is 62.7 Å². The lowest BCUT2D eigenvalue weighted by molar-refractivity contribution is 0.660. The van der Waals surface area contributed by atoms with Crippen molar-refractivity contribution in [2.75, 3.05) is 0 Å². The van der Waals surface area contributed by atoms with Gasteiger partial charge in [-0.3, -0.25) is 0 Å². The first-order chi connectivity index (χ1) is 23.0. The Morgan fingerprint density at radius 3 is 1.74 bits per heavy atom. The van der Waals surface area contributed by atoms with Crippen molar-refractivity contribution < 1.29 is 0 Å². The Morgan fingerprint density at radius 2 is 1.02 bits per heavy atom. The van der Waals surface area contributed by atoms with Gasteiger partial charge in [-0.1, -0.05) is 147 Å². The van der Waals surface area contributed by atoms with Crippen LogP contribution in [0, 0.1) is 6.57 Å². The molecule has 0 amide bonds. The second kappa shape index (κ2) is 11.4. The van der Waals surface area contributed by atoms with Crippen molar-refractivity contribution >= 4 is 5.69 Å².